The number of esters is 1. The Kier molecular flexibility index (Phi) is 6.52. The lowest BCUT2D eigenvalue weighted by atomic mass is 9.85. The Labute approximate surface area is 104 Å². The van der Waals surface area contributed by atoms with Crippen molar-refractivity contribution in [3.8, 4) is 0 Å². The number of hydrogen-bond acceptors (Lipinski definition) is 4. The first-order chi connectivity index (χ1) is 8.17. The van der Waals surface area contributed by atoms with E-state index in [0.717, 1.165) is 38.5 Å². The molecule has 4 nitrogen and oxygen atoms in total. The summed E-state index contributed by atoms with van der Waals surface area (Å²) in [6.45, 7) is 2.42. The van der Waals surface area contributed by atoms with Crippen molar-refractivity contribution in [1.82, 2.24) is 5.32 Å². The number of hydrogen-bond donors (Lipinski definition) is 2. The zero-order chi connectivity index (χ0) is 12.7. The minimum Gasteiger partial charge on any atom is -0.469 e. The van der Waals surface area contributed by atoms with E-state index in [1.807, 2.05) is 0 Å². The fraction of sp³-hybridized carbons (Fsp3) is 0.923. The van der Waals surface area contributed by atoms with Gasteiger partial charge in [0.25, 0.3) is 0 Å². The third-order valence-corrected chi connectivity index (χ3v) is 3.58. The maximum absolute atomic E-state index is 11.4. The second-order valence-electron chi connectivity index (χ2n) is 5.01. The number of carbonyl (C=O) groups is 1. The number of rotatable bonds is 6. The molecule has 0 bridgehead atoms. The zero-order valence-electron chi connectivity index (χ0n) is 10.9. The molecular weight excluding hydrogens is 218 g/mol. The van der Waals surface area contributed by atoms with Gasteiger partial charge in [0.05, 0.1) is 13.0 Å². The summed E-state index contributed by atoms with van der Waals surface area (Å²) in [6, 6.07) is 0.964. The molecule has 0 heterocycles. The molecule has 0 aromatic rings. The van der Waals surface area contributed by atoms with Crippen LogP contribution in [0.5, 0.6) is 0 Å². The molecule has 0 aromatic heterocycles. The zero-order valence-corrected chi connectivity index (χ0v) is 10.9. The SMILES string of the molecule is COC(=O)C1CCC(NC(C)CCCO)CC1. The number of methoxy groups -OCH3 is 1. The van der Waals surface area contributed by atoms with Crippen molar-refractivity contribution in [2.75, 3.05) is 13.7 Å². The number of carbonyl (C=O) groups excluding carboxylic acids is 1. The summed E-state index contributed by atoms with van der Waals surface area (Å²) in [5.74, 6) is 0.0441. The maximum Gasteiger partial charge on any atom is 0.308 e. The van der Waals surface area contributed by atoms with Crippen molar-refractivity contribution in [2.24, 2.45) is 5.92 Å². The van der Waals surface area contributed by atoms with Gasteiger partial charge in [-0.25, -0.2) is 0 Å². The molecule has 4 heteroatoms. The minimum absolute atomic E-state index is 0.0585. The quantitative estimate of drug-likeness (QED) is 0.694. The van der Waals surface area contributed by atoms with Gasteiger partial charge in [-0.15, -0.1) is 0 Å². The summed E-state index contributed by atoms with van der Waals surface area (Å²) >= 11 is 0. The molecule has 100 valence electrons. The standard InChI is InChI=1S/C13H25NO3/c1-10(4-3-9-15)14-12-7-5-11(6-8-12)13(16)17-2/h10-12,14-15H,3-9H2,1-2H3. The Bertz CT molecular complexity index is 225. The highest BCUT2D eigenvalue weighted by molar-refractivity contribution is 5.72. The van der Waals surface area contributed by atoms with E-state index in [4.69, 9.17) is 9.84 Å². The van der Waals surface area contributed by atoms with Gasteiger partial charge in [0.15, 0.2) is 0 Å². The smallest absolute Gasteiger partial charge is 0.308 e. The number of aliphatic hydroxyl groups is 1. The predicted octanol–water partition coefficient (Wildman–Crippen LogP) is 1.47. The van der Waals surface area contributed by atoms with Gasteiger partial charge in [0.1, 0.15) is 0 Å². The van der Waals surface area contributed by atoms with Crippen LogP contribution in [0.1, 0.15) is 45.4 Å². The van der Waals surface area contributed by atoms with Crippen LogP contribution < -0.4 is 5.32 Å². The molecule has 1 rings (SSSR count). The third-order valence-electron chi connectivity index (χ3n) is 3.58. The van der Waals surface area contributed by atoms with Gasteiger partial charge in [-0.3, -0.25) is 4.79 Å². The summed E-state index contributed by atoms with van der Waals surface area (Å²) in [4.78, 5) is 11.4. The van der Waals surface area contributed by atoms with Crippen LogP contribution in [-0.2, 0) is 9.53 Å². The molecule has 0 spiro atoms. The van der Waals surface area contributed by atoms with E-state index in [-0.39, 0.29) is 18.5 Å². The van der Waals surface area contributed by atoms with Gasteiger partial charge in [-0.05, 0) is 45.4 Å². The minimum atomic E-state index is -0.0585. The Morgan fingerprint density at radius 3 is 2.59 bits per heavy atom. The highest BCUT2D eigenvalue weighted by Crippen LogP contribution is 2.25. The molecule has 0 aliphatic heterocycles. The second-order valence-corrected chi connectivity index (χ2v) is 5.01. The number of ether oxygens (including phenoxy) is 1. The van der Waals surface area contributed by atoms with Gasteiger partial charge in [-0.2, -0.15) is 0 Å². The molecule has 1 fully saturated rings. The van der Waals surface area contributed by atoms with Gasteiger partial charge in [-0.1, -0.05) is 0 Å². The predicted molar refractivity (Wildman–Crippen MR) is 66.7 cm³/mol. The fourth-order valence-electron chi connectivity index (χ4n) is 2.55. The van der Waals surface area contributed by atoms with E-state index >= 15 is 0 Å². The van der Waals surface area contributed by atoms with Crippen molar-refractivity contribution >= 4 is 5.97 Å². The highest BCUT2D eigenvalue weighted by atomic mass is 16.5. The van der Waals surface area contributed by atoms with E-state index in [0.29, 0.717) is 12.1 Å². The van der Waals surface area contributed by atoms with Crippen LogP contribution in [0.4, 0.5) is 0 Å². The molecule has 17 heavy (non-hydrogen) atoms. The average Bonchev–Trinajstić information content (AvgIpc) is 2.36. The van der Waals surface area contributed by atoms with Crippen LogP contribution in [-0.4, -0.2) is 36.9 Å². The lowest BCUT2D eigenvalue weighted by molar-refractivity contribution is -0.146. The Morgan fingerprint density at radius 2 is 2.06 bits per heavy atom. The summed E-state index contributed by atoms with van der Waals surface area (Å²) in [5.41, 5.74) is 0. The molecule has 1 saturated carbocycles. The average molecular weight is 243 g/mol. The Morgan fingerprint density at radius 1 is 1.41 bits per heavy atom. The van der Waals surface area contributed by atoms with E-state index in [2.05, 4.69) is 12.2 Å². The van der Waals surface area contributed by atoms with Crippen LogP contribution in [0.25, 0.3) is 0 Å². The molecule has 1 aliphatic rings. The van der Waals surface area contributed by atoms with Crippen molar-refractivity contribution < 1.29 is 14.6 Å². The molecule has 0 aromatic carbocycles. The molecule has 1 aliphatic carbocycles. The summed E-state index contributed by atoms with van der Waals surface area (Å²) in [7, 11) is 1.46. The first-order valence-corrected chi connectivity index (χ1v) is 6.62. The Hall–Kier alpha value is -0.610. The van der Waals surface area contributed by atoms with Gasteiger partial charge < -0.3 is 15.2 Å². The van der Waals surface area contributed by atoms with E-state index < -0.39 is 0 Å². The lowest BCUT2D eigenvalue weighted by Gasteiger charge is -2.30. The van der Waals surface area contributed by atoms with Crippen molar-refractivity contribution in [3.63, 3.8) is 0 Å². The number of nitrogens with one attached hydrogen (secondary N) is 1. The maximum atomic E-state index is 11.4. The fourth-order valence-corrected chi connectivity index (χ4v) is 2.55. The largest absolute Gasteiger partial charge is 0.469 e. The summed E-state index contributed by atoms with van der Waals surface area (Å²) in [6.07, 6.45) is 5.81. The van der Waals surface area contributed by atoms with E-state index in [9.17, 15) is 4.79 Å². The van der Waals surface area contributed by atoms with E-state index in [1.165, 1.54) is 7.11 Å². The van der Waals surface area contributed by atoms with Crippen LogP contribution in [0, 0.1) is 5.92 Å². The van der Waals surface area contributed by atoms with Crippen LogP contribution in [0.2, 0.25) is 0 Å². The first-order valence-electron chi connectivity index (χ1n) is 6.62. The normalized spacial score (nSPS) is 26.5. The Balaban J connectivity index is 2.20. The summed E-state index contributed by atoms with van der Waals surface area (Å²) in [5, 5.41) is 12.3. The van der Waals surface area contributed by atoms with E-state index in [1.54, 1.807) is 0 Å². The van der Waals surface area contributed by atoms with Crippen molar-refractivity contribution in [2.45, 2.75) is 57.5 Å². The second kappa shape index (κ2) is 7.67. The number of aliphatic hydroxyl groups excluding tert-OH is 1. The van der Waals surface area contributed by atoms with Crippen LogP contribution >= 0.6 is 0 Å². The van der Waals surface area contributed by atoms with Gasteiger partial charge >= 0.3 is 5.97 Å². The molecule has 0 amide bonds. The van der Waals surface area contributed by atoms with Gasteiger partial charge in [0.2, 0.25) is 0 Å². The monoisotopic (exact) mass is 243 g/mol. The molecule has 2 N–H and O–H groups in total. The molecular formula is C13H25NO3. The topological polar surface area (TPSA) is 58.6 Å². The van der Waals surface area contributed by atoms with Gasteiger partial charge in [0, 0.05) is 18.7 Å². The molecule has 1 atom stereocenters. The lowest BCUT2D eigenvalue weighted by Crippen LogP contribution is -2.40. The van der Waals surface area contributed by atoms with Crippen LogP contribution in [0.3, 0.4) is 0 Å². The molecule has 0 radical (unpaired) electrons. The first kappa shape index (κ1) is 14.5. The van der Waals surface area contributed by atoms with Crippen molar-refractivity contribution in [1.29, 1.82) is 0 Å². The highest BCUT2D eigenvalue weighted by Gasteiger charge is 2.27. The summed E-state index contributed by atoms with van der Waals surface area (Å²) < 4.78 is 4.77. The van der Waals surface area contributed by atoms with Crippen molar-refractivity contribution in [3.05, 3.63) is 0 Å². The third kappa shape index (κ3) is 5.04. The molecule has 0 saturated heterocycles. The molecule has 1 unspecified atom stereocenters. The van der Waals surface area contributed by atoms with Crippen LogP contribution in [0.15, 0.2) is 0 Å².